The minimum Gasteiger partial charge on any atom is -0.480 e. The smallest absolute Gasteiger partial charge is 0.337 e. The lowest BCUT2D eigenvalue weighted by atomic mass is 9.74. The van der Waals surface area contributed by atoms with Crippen LogP contribution in [-0.4, -0.2) is 71.4 Å². The largest absolute Gasteiger partial charge is 0.480 e. The molecule has 3 saturated heterocycles. The highest BCUT2D eigenvalue weighted by molar-refractivity contribution is 6.19. The van der Waals surface area contributed by atoms with Crippen LogP contribution in [0.5, 0.6) is 0 Å². The Hall–Kier alpha value is -1.97. The Morgan fingerprint density at radius 1 is 0.800 bits per heavy atom. The van der Waals surface area contributed by atoms with E-state index in [1.54, 1.807) is 0 Å². The van der Waals surface area contributed by atoms with Gasteiger partial charge in [-0.3, -0.25) is 0 Å². The molecule has 25 heavy (non-hydrogen) atoms. The van der Waals surface area contributed by atoms with Crippen molar-refractivity contribution in [2.75, 3.05) is 19.8 Å². The number of hydrogen-bond acceptors (Lipinski definition) is 6. The van der Waals surface area contributed by atoms with Gasteiger partial charge in [-0.25, -0.2) is 14.4 Å². The number of carboxylic acids is 3. The SMILES string of the molecule is O=C(O)C(C(=O)O)(C(=O)O)C(CC1CO1)=C(CCC1CO1)CC1CO1. The molecular formula is C16H20O9. The van der Waals surface area contributed by atoms with Crippen molar-refractivity contribution < 1.29 is 43.9 Å². The molecule has 0 aromatic rings. The molecule has 0 radical (unpaired) electrons. The molecule has 9 nitrogen and oxygen atoms in total. The first-order valence-electron chi connectivity index (χ1n) is 8.12. The highest BCUT2D eigenvalue weighted by Crippen LogP contribution is 2.41. The summed E-state index contributed by atoms with van der Waals surface area (Å²) >= 11 is 0. The first kappa shape index (κ1) is 17.8. The van der Waals surface area contributed by atoms with Crippen LogP contribution in [0.3, 0.4) is 0 Å². The fourth-order valence-electron chi connectivity index (χ4n) is 3.04. The minimum absolute atomic E-state index is 0.0293. The van der Waals surface area contributed by atoms with E-state index >= 15 is 0 Å². The summed E-state index contributed by atoms with van der Waals surface area (Å²) in [5.41, 5.74) is -2.60. The number of epoxide rings is 3. The first-order chi connectivity index (χ1) is 11.9. The number of carbonyl (C=O) groups is 3. The fourth-order valence-corrected chi connectivity index (χ4v) is 3.04. The second-order valence-corrected chi connectivity index (χ2v) is 6.56. The second-order valence-electron chi connectivity index (χ2n) is 6.56. The van der Waals surface area contributed by atoms with E-state index in [2.05, 4.69) is 0 Å². The van der Waals surface area contributed by atoms with Crippen molar-refractivity contribution >= 4 is 17.9 Å². The summed E-state index contributed by atoms with van der Waals surface area (Å²) in [6.45, 7) is 1.46. The normalized spacial score (nSPS) is 28.1. The van der Waals surface area contributed by atoms with Crippen LogP contribution in [0, 0.1) is 5.41 Å². The molecule has 0 amide bonds. The summed E-state index contributed by atoms with van der Waals surface area (Å²) in [4.78, 5) is 35.4. The molecule has 138 valence electrons. The van der Waals surface area contributed by atoms with E-state index in [1.807, 2.05) is 0 Å². The van der Waals surface area contributed by atoms with Crippen molar-refractivity contribution in [2.45, 2.75) is 44.0 Å². The van der Waals surface area contributed by atoms with E-state index in [-0.39, 0.29) is 30.3 Å². The van der Waals surface area contributed by atoms with Crippen LogP contribution in [0.4, 0.5) is 0 Å². The molecule has 9 heteroatoms. The average Bonchev–Trinajstić information content (AvgIpc) is 3.34. The fraction of sp³-hybridized carbons (Fsp3) is 0.688. The maximum atomic E-state index is 11.8. The minimum atomic E-state index is -3.01. The number of hydrogen-bond donors (Lipinski definition) is 3. The highest BCUT2D eigenvalue weighted by Gasteiger charge is 2.59. The van der Waals surface area contributed by atoms with E-state index < -0.39 is 23.3 Å². The van der Waals surface area contributed by atoms with E-state index in [1.165, 1.54) is 0 Å². The van der Waals surface area contributed by atoms with Gasteiger partial charge in [0.25, 0.3) is 5.41 Å². The lowest BCUT2D eigenvalue weighted by Gasteiger charge is -2.27. The van der Waals surface area contributed by atoms with E-state index in [4.69, 9.17) is 14.2 Å². The molecule has 3 unspecified atom stereocenters. The van der Waals surface area contributed by atoms with Crippen molar-refractivity contribution in [3.05, 3.63) is 11.1 Å². The summed E-state index contributed by atoms with van der Waals surface area (Å²) in [6.07, 6.45) is 0.846. The molecule has 3 heterocycles. The van der Waals surface area contributed by atoms with Crippen LogP contribution >= 0.6 is 0 Å². The van der Waals surface area contributed by atoms with Crippen LogP contribution in [0.1, 0.15) is 25.7 Å². The molecular weight excluding hydrogens is 336 g/mol. The zero-order valence-corrected chi connectivity index (χ0v) is 13.5. The predicted octanol–water partition coefficient (Wildman–Crippen LogP) is 0.280. The lowest BCUT2D eigenvalue weighted by Crippen LogP contribution is -2.49. The number of rotatable bonds is 11. The van der Waals surface area contributed by atoms with E-state index in [9.17, 15) is 29.7 Å². The van der Waals surface area contributed by atoms with Gasteiger partial charge in [0.1, 0.15) is 0 Å². The maximum Gasteiger partial charge on any atom is 0.337 e. The average molecular weight is 356 g/mol. The molecule has 0 aromatic heterocycles. The molecule has 3 rings (SSSR count). The Morgan fingerprint density at radius 2 is 1.24 bits per heavy atom. The molecule has 0 aromatic carbocycles. The van der Waals surface area contributed by atoms with Gasteiger partial charge >= 0.3 is 17.9 Å². The number of aliphatic carboxylic acids is 3. The van der Waals surface area contributed by atoms with Gasteiger partial charge in [-0.2, -0.15) is 0 Å². The van der Waals surface area contributed by atoms with Gasteiger partial charge in [-0.1, -0.05) is 5.57 Å². The highest BCUT2D eigenvalue weighted by atomic mass is 16.6. The van der Waals surface area contributed by atoms with Crippen molar-refractivity contribution in [3.8, 4) is 0 Å². The third-order valence-corrected chi connectivity index (χ3v) is 4.72. The molecule has 3 aliphatic rings. The van der Waals surface area contributed by atoms with E-state index in [0.717, 1.165) is 0 Å². The second kappa shape index (κ2) is 6.74. The Bertz CT molecular complexity index is 575. The first-order valence-corrected chi connectivity index (χ1v) is 8.12. The summed E-state index contributed by atoms with van der Waals surface area (Å²) in [5, 5.41) is 28.7. The summed E-state index contributed by atoms with van der Waals surface area (Å²) < 4.78 is 15.5. The lowest BCUT2D eigenvalue weighted by molar-refractivity contribution is -0.172. The Kier molecular flexibility index (Phi) is 4.81. The number of carboxylic acid groups (broad SMARTS) is 3. The third kappa shape index (κ3) is 3.83. The summed E-state index contributed by atoms with van der Waals surface area (Å²) in [5.74, 6) is -5.71. The third-order valence-electron chi connectivity index (χ3n) is 4.72. The molecule has 3 N–H and O–H groups in total. The number of ether oxygens (including phenoxy) is 3. The van der Waals surface area contributed by atoms with Gasteiger partial charge in [0.05, 0.1) is 38.1 Å². The topological polar surface area (TPSA) is 149 Å². The predicted molar refractivity (Wildman–Crippen MR) is 80.1 cm³/mol. The quantitative estimate of drug-likeness (QED) is 0.269. The zero-order chi connectivity index (χ0) is 18.2. The van der Waals surface area contributed by atoms with Crippen LogP contribution in [0.25, 0.3) is 0 Å². The van der Waals surface area contributed by atoms with Gasteiger partial charge in [0.15, 0.2) is 0 Å². The van der Waals surface area contributed by atoms with Crippen LogP contribution in [0.15, 0.2) is 11.1 Å². The van der Waals surface area contributed by atoms with Gasteiger partial charge in [0, 0.05) is 0 Å². The van der Waals surface area contributed by atoms with Crippen molar-refractivity contribution in [1.82, 2.24) is 0 Å². The van der Waals surface area contributed by atoms with Crippen LogP contribution < -0.4 is 0 Å². The molecule has 0 aliphatic carbocycles. The molecule has 3 aliphatic heterocycles. The van der Waals surface area contributed by atoms with Gasteiger partial charge in [-0.05, 0) is 31.3 Å². The van der Waals surface area contributed by atoms with Crippen molar-refractivity contribution in [1.29, 1.82) is 0 Å². The monoisotopic (exact) mass is 356 g/mol. The Balaban J connectivity index is 2.03. The zero-order valence-electron chi connectivity index (χ0n) is 13.5. The molecule has 0 spiro atoms. The van der Waals surface area contributed by atoms with Gasteiger partial charge in [0.2, 0.25) is 0 Å². The van der Waals surface area contributed by atoms with Crippen molar-refractivity contribution in [2.24, 2.45) is 5.41 Å². The van der Waals surface area contributed by atoms with Gasteiger partial charge in [-0.15, -0.1) is 0 Å². The summed E-state index contributed by atoms with van der Waals surface area (Å²) in [7, 11) is 0. The Morgan fingerprint density at radius 3 is 1.64 bits per heavy atom. The molecule has 0 saturated carbocycles. The van der Waals surface area contributed by atoms with Crippen LogP contribution in [-0.2, 0) is 28.6 Å². The Labute approximate surface area is 143 Å². The summed E-state index contributed by atoms with van der Waals surface area (Å²) in [6, 6.07) is 0. The van der Waals surface area contributed by atoms with E-state index in [0.29, 0.717) is 44.7 Å². The van der Waals surface area contributed by atoms with Crippen molar-refractivity contribution in [3.63, 3.8) is 0 Å². The maximum absolute atomic E-state index is 11.8. The van der Waals surface area contributed by atoms with Crippen LogP contribution in [0.2, 0.25) is 0 Å². The standard InChI is InChI=1S/C16H20O9/c17-13(18)16(14(19)20,15(21)22)12(4-11-7-25-11)8(3-10-6-24-10)1-2-9-5-23-9/h9-11H,1-7H2,(H,17,18)(H,19,20)(H,21,22). The molecule has 3 atom stereocenters. The molecule has 3 fully saturated rings. The molecule has 0 bridgehead atoms. The van der Waals surface area contributed by atoms with Gasteiger partial charge < -0.3 is 29.5 Å².